The topological polar surface area (TPSA) is 46.6 Å². The standard InChI is InChI=1S/C14H23N2O3/c1-5-13(17)12-11-19-10-9-15(12)16(7-3,8-4)14(18)6-2/h5-6,12H,1-2,7-11H2,3-4H3/q+1. The van der Waals surface area contributed by atoms with E-state index in [0.29, 0.717) is 32.8 Å². The van der Waals surface area contributed by atoms with Crippen LogP contribution in [0.1, 0.15) is 13.8 Å². The summed E-state index contributed by atoms with van der Waals surface area (Å²) in [5.74, 6) is -0.199. The van der Waals surface area contributed by atoms with Crippen LogP contribution in [-0.4, -0.2) is 60.2 Å². The van der Waals surface area contributed by atoms with Crippen molar-refractivity contribution in [2.75, 3.05) is 32.8 Å². The SMILES string of the molecule is C=CC(=O)C1COCCN1[N+](CC)(CC)C(=O)C=C. The van der Waals surface area contributed by atoms with Crippen LogP contribution in [-0.2, 0) is 14.3 Å². The number of morpholine rings is 1. The minimum atomic E-state index is -0.449. The van der Waals surface area contributed by atoms with Crippen molar-refractivity contribution >= 4 is 11.7 Å². The Bertz CT molecular complexity index is 375. The molecule has 1 aliphatic rings. The van der Waals surface area contributed by atoms with Gasteiger partial charge in [-0.25, -0.2) is 4.79 Å². The molecule has 0 aromatic rings. The fourth-order valence-corrected chi connectivity index (χ4v) is 2.61. The third kappa shape index (κ3) is 2.83. The van der Waals surface area contributed by atoms with E-state index in [1.54, 1.807) is 0 Å². The van der Waals surface area contributed by atoms with Crippen LogP contribution in [0.2, 0.25) is 0 Å². The van der Waals surface area contributed by atoms with Crippen LogP contribution in [0.4, 0.5) is 0 Å². The highest BCUT2D eigenvalue weighted by Gasteiger charge is 2.46. The van der Waals surface area contributed by atoms with Gasteiger partial charge in [-0.2, -0.15) is 4.59 Å². The van der Waals surface area contributed by atoms with Gasteiger partial charge in [0.1, 0.15) is 19.1 Å². The van der Waals surface area contributed by atoms with E-state index in [0.717, 1.165) is 0 Å². The number of hydrogen-bond acceptors (Lipinski definition) is 4. The fraction of sp³-hybridized carbons (Fsp3) is 0.571. The Morgan fingerprint density at radius 3 is 2.42 bits per heavy atom. The summed E-state index contributed by atoms with van der Waals surface area (Å²) in [5.41, 5.74) is 0. The fourth-order valence-electron chi connectivity index (χ4n) is 2.61. The molecule has 1 rings (SSSR count). The van der Waals surface area contributed by atoms with Crippen LogP contribution in [0.3, 0.4) is 0 Å². The number of rotatable bonds is 6. The minimum Gasteiger partial charge on any atom is -0.378 e. The van der Waals surface area contributed by atoms with Crippen molar-refractivity contribution in [1.82, 2.24) is 5.01 Å². The Morgan fingerprint density at radius 2 is 1.95 bits per heavy atom. The number of ketones is 1. The van der Waals surface area contributed by atoms with Gasteiger partial charge < -0.3 is 4.74 Å². The van der Waals surface area contributed by atoms with E-state index in [-0.39, 0.29) is 16.3 Å². The maximum Gasteiger partial charge on any atom is 0.357 e. The predicted octanol–water partition coefficient (Wildman–Crippen LogP) is 0.926. The summed E-state index contributed by atoms with van der Waals surface area (Å²) < 4.78 is 5.48. The second-order valence-corrected chi connectivity index (χ2v) is 4.46. The minimum absolute atomic E-state index is 0.0891. The summed E-state index contributed by atoms with van der Waals surface area (Å²) in [4.78, 5) is 24.3. The highest BCUT2D eigenvalue weighted by Crippen LogP contribution is 2.21. The maximum absolute atomic E-state index is 12.3. The largest absolute Gasteiger partial charge is 0.378 e. The Hall–Kier alpha value is -1.30. The molecule has 1 fully saturated rings. The van der Waals surface area contributed by atoms with Crippen LogP contribution in [0, 0.1) is 0 Å². The van der Waals surface area contributed by atoms with E-state index in [1.165, 1.54) is 12.2 Å². The summed E-state index contributed by atoms with van der Waals surface area (Å²) in [6, 6.07) is -0.449. The normalized spacial score (nSPS) is 20.8. The van der Waals surface area contributed by atoms with Gasteiger partial charge in [-0.3, -0.25) is 4.79 Å². The van der Waals surface area contributed by atoms with E-state index in [2.05, 4.69) is 13.2 Å². The van der Waals surface area contributed by atoms with Crippen molar-refractivity contribution in [3.63, 3.8) is 0 Å². The van der Waals surface area contributed by atoms with Gasteiger partial charge in [-0.1, -0.05) is 13.2 Å². The first-order chi connectivity index (χ1) is 9.07. The number of likely N-dealkylation sites (N-methyl/N-ethyl adjacent to an activating group) is 1. The Kier molecular flexibility index (Phi) is 5.60. The zero-order chi connectivity index (χ0) is 14.5. The third-order valence-corrected chi connectivity index (χ3v) is 3.75. The summed E-state index contributed by atoms with van der Waals surface area (Å²) in [6.07, 6.45) is 2.63. The zero-order valence-electron chi connectivity index (χ0n) is 11.8. The average molecular weight is 267 g/mol. The second kappa shape index (κ2) is 6.75. The van der Waals surface area contributed by atoms with Crippen LogP contribution < -0.4 is 0 Å². The molecule has 0 spiro atoms. The Morgan fingerprint density at radius 1 is 1.32 bits per heavy atom. The average Bonchev–Trinajstić information content (AvgIpc) is 2.48. The molecule has 0 aliphatic carbocycles. The molecular weight excluding hydrogens is 244 g/mol. The number of ether oxygens (including phenoxy) is 1. The molecule has 0 saturated carbocycles. The lowest BCUT2D eigenvalue weighted by molar-refractivity contribution is -0.968. The van der Waals surface area contributed by atoms with Crippen LogP contribution >= 0.6 is 0 Å². The molecule has 1 unspecified atom stereocenters. The van der Waals surface area contributed by atoms with Gasteiger partial charge in [-0.15, -0.1) is 5.01 Å². The zero-order valence-corrected chi connectivity index (χ0v) is 11.8. The first-order valence-electron chi connectivity index (χ1n) is 6.62. The van der Waals surface area contributed by atoms with E-state index < -0.39 is 6.04 Å². The van der Waals surface area contributed by atoms with Crippen molar-refractivity contribution in [2.24, 2.45) is 0 Å². The Labute approximate surface area is 114 Å². The number of carbonyl (C=O) groups is 2. The van der Waals surface area contributed by atoms with Crippen molar-refractivity contribution in [3.05, 3.63) is 25.3 Å². The first-order valence-corrected chi connectivity index (χ1v) is 6.62. The lowest BCUT2D eigenvalue weighted by Gasteiger charge is -2.46. The molecule has 0 bridgehead atoms. The smallest absolute Gasteiger partial charge is 0.357 e. The van der Waals surface area contributed by atoms with Gasteiger partial charge in [0.05, 0.1) is 19.8 Å². The number of quaternary nitrogens is 1. The second-order valence-electron chi connectivity index (χ2n) is 4.46. The van der Waals surface area contributed by atoms with E-state index in [9.17, 15) is 9.59 Å². The quantitative estimate of drug-likeness (QED) is 0.530. The molecule has 19 heavy (non-hydrogen) atoms. The Balaban J connectivity index is 3.17. The molecule has 1 heterocycles. The molecule has 5 heteroatoms. The maximum atomic E-state index is 12.3. The highest BCUT2D eigenvalue weighted by molar-refractivity contribution is 5.94. The molecule has 0 aromatic carbocycles. The van der Waals surface area contributed by atoms with Gasteiger partial charge in [0, 0.05) is 6.08 Å². The third-order valence-electron chi connectivity index (χ3n) is 3.75. The van der Waals surface area contributed by atoms with Crippen molar-refractivity contribution in [3.8, 4) is 0 Å². The molecule has 1 amide bonds. The van der Waals surface area contributed by atoms with Crippen molar-refractivity contribution < 1.29 is 18.9 Å². The lowest BCUT2D eigenvalue weighted by Crippen LogP contribution is -2.70. The molecule has 1 saturated heterocycles. The number of hydrogen-bond donors (Lipinski definition) is 0. The number of nitrogens with zero attached hydrogens (tertiary/aromatic N) is 2. The monoisotopic (exact) mass is 267 g/mol. The lowest BCUT2D eigenvalue weighted by atomic mass is 10.1. The van der Waals surface area contributed by atoms with E-state index >= 15 is 0 Å². The van der Waals surface area contributed by atoms with Gasteiger partial charge >= 0.3 is 5.91 Å². The predicted molar refractivity (Wildman–Crippen MR) is 73.1 cm³/mol. The van der Waals surface area contributed by atoms with Crippen molar-refractivity contribution in [2.45, 2.75) is 19.9 Å². The van der Waals surface area contributed by atoms with Crippen molar-refractivity contribution in [1.29, 1.82) is 0 Å². The van der Waals surface area contributed by atoms with Gasteiger partial charge in [-0.05, 0) is 19.9 Å². The molecule has 5 nitrogen and oxygen atoms in total. The molecule has 106 valence electrons. The van der Waals surface area contributed by atoms with Crippen LogP contribution in [0.25, 0.3) is 0 Å². The summed E-state index contributed by atoms with van der Waals surface area (Å²) >= 11 is 0. The molecule has 1 atom stereocenters. The molecule has 1 aliphatic heterocycles. The molecule has 0 N–H and O–H groups in total. The summed E-state index contributed by atoms with van der Waals surface area (Å²) in [6.45, 7) is 13.5. The van der Waals surface area contributed by atoms with E-state index in [4.69, 9.17) is 4.74 Å². The van der Waals surface area contributed by atoms with Gasteiger partial charge in [0.2, 0.25) is 0 Å². The molecule has 0 aromatic heterocycles. The highest BCUT2D eigenvalue weighted by atomic mass is 16.5. The number of amides is 1. The van der Waals surface area contributed by atoms with E-state index in [1.807, 2.05) is 18.9 Å². The van der Waals surface area contributed by atoms with Gasteiger partial charge in [0.25, 0.3) is 0 Å². The van der Waals surface area contributed by atoms with Gasteiger partial charge in [0.15, 0.2) is 5.78 Å². The van der Waals surface area contributed by atoms with Crippen LogP contribution in [0.15, 0.2) is 25.3 Å². The summed E-state index contributed by atoms with van der Waals surface area (Å²) in [5, 5.41) is 1.91. The van der Waals surface area contributed by atoms with Crippen LogP contribution in [0.5, 0.6) is 0 Å². The first kappa shape index (κ1) is 15.8. The number of carbonyl (C=O) groups excluding carboxylic acids is 2. The summed E-state index contributed by atoms with van der Waals surface area (Å²) in [7, 11) is 0. The molecule has 0 radical (unpaired) electrons. The molecular formula is C14H23N2O3+.